The Kier molecular flexibility index (Phi) is 7.31. The molecule has 216 valence electrons. The minimum Gasteiger partial charge on any atom is -0.338 e. The van der Waals surface area contributed by atoms with Crippen LogP contribution in [0.2, 0.25) is 0 Å². The second-order valence-corrected chi connectivity index (χ2v) is 9.94. The Labute approximate surface area is 232 Å². The lowest BCUT2D eigenvalue weighted by Crippen LogP contribution is -2.65. The molecule has 1 N–H and O–H groups in total. The maximum atomic E-state index is 13.3. The molecule has 2 fully saturated rings. The third kappa shape index (κ3) is 5.53. The number of carbonyl (C=O) groups is 4. The number of urea groups is 1. The van der Waals surface area contributed by atoms with Gasteiger partial charge in [-0.3, -0.25) is 19.3 Å². The third-order valence-corrected chi connectivity index (χ3v) is 7.00. The Balaban J connectivity index is 1.25. The number of anilines is 2. The summed E-state index contributed by atoms with van der Waals surface area (Å²) in [5.74, 6) is -1.35. The molecule has 41 heavy (non-hydrogen) atoms. The number of carbonyl (C=O) groups excluding carboxylic acids is 4. The Morgan fingerprint density at radius 2 is 1.85 bits per heavy atom. The van der Waals surface area contributed by atoms with E-state index in [-0.39, 0.29) is 43.6 Å². The first-order valence-electron chi connectivity index (χ1n) is 12.7. The molecule has 4 amide bonds. The molecule has 0 saturated carbocycles. The predicted octanol–water partition coefficient (Wildman–Crippen LogP) is 1.53. The van der Waals surface area contributed by atoms with Crippen molar-refractivity contribution in [1.82, 2.24) is 29.7 Å². The van der Waals surface area contributed by atoms with Gasteiger partial charge < -0.3 is 20.0 Å². The Morgan fingerprint density at radius 3 is 2.54 bits per heavy atom. The topological polar surface area (TPSA) is 144 Å². The number of fused-ring (bicyclic) bond motifs is 1. The van der Waals surface area contributed by atoms with Crippen LogP contribution < -0.4 is 10.2 Å². The molecular weight excluding hydrogens is 547 g/mol. The fourth-order valence-electron chi connectivity index (χ4n) is 5.09. The molecule has 3 aliphatic heterocycles. The average Bonchev–Trinajstić information content (AvgIpc) is 3.58. The number of aliphatic imine (C=N–C) groups is 1. The number of amides is 4. The summed E-state index contributed by atoms with van der Waals surface area (Å²) in [6, 6.07) is 1.58. The van der Waals surface area contributed by atoms with Crippen molar-refractivity contribution in [3.05, 3.63) is 30.6 Å². The Hall–Kier alpha value is -4.63. The average molecular weight is 574 g/mol. The van der Waals surface area contributed by atoms with Crippen LogP contribution in [0, 0.1) is 0 Å². The van der Waals surface area contributed by atoms with Crippen molar-refractivity contribution in [2.45, 2.75) is 44.2 Å². The zero-order valence-electron chi connectivity index (χ0n) is 22.1. The van der Waals surface area contributed by atoms with Gasteiger partial charge in [-0.15, -0.1) is 0 Å². The van der Waals surface area contributed by atoms with Crippen molar-refractivity contribution in [2.75, 3.05) is 36.9 Å². The molecule has 13 nitrogen and oxygen atoms in total. The van der Waals surface area contributed by atoms with E-state index < -0.39 is 42.3 Å². The second-order valence-electron chi connectivity index (χ2n) is 9.94. The number of Topliss-reactive ketones (excluding diaryl/α,β-unsaturated/α-hetero) is 1. The number of alkyl halides is 3. The number of pyridine rings is 1. The van der Waals surface area contributed by atoms with E-state index in [1.807, 2.05) is 0 Å². The van der Waals surface area contributed by atoms with Gasteiger partial charge in [0, 0.05) is 31.5 Å². The zero-order chi connectivity index (χ0) is 29.5. The van der Waals surface area contributed by atoms with Gasteiger partial charge in [0.1, 0.15) is 17.6 Å². The summed E-state index contributed by atoms with van der Waals surface area (Å²) in [7, 11) is 1.46. The van der Waals surface area contributed by atoms with Gasteiger partial charge in [0.05, 0.1) is 25.1 Å². The van der Waals surface area contributed by atoms with Crippen molar-refractivity contribution >= 4 is 41.7 Å². The van der Waals surface area contributed by atoms with Crippen molar-refractivity contribution in [1.29, 1.82) is 0 Å². The maximum absolute atomic E-state index is 13.3. The highest BCUT2D eigenvalue weighted by molar-refractivity contribution is 6.05. The molecule has 0 aliphatic carbocycles. The number of hydrogen-bond acceptors (Lipinski definition) is 10. The van der Waals surface area contributed by atoms with Crippen LogP contribution in [0.15, 0.2) is 35.6 Å². The van der Waals surface area contributed by atoms with E-state index in [2.05, 4.69) is 25.3 Å². The van der Waals surface area contributed by atoms with Gasteiger partial charge in [0.25, 0.3) is 5.91 Å². The lowest BCUT2D eigenvalue weighted by molar-refractivity contribution is -0.146. The number of halogens is 3. The summed E-state index contributed by atoms with van der Waals surface area (Å²) in [6.45, 7) is 0.806. The number of nitrogens with zero attached hydrogens (tertiary/aromatic N) is 8. The van der Waals surface area contributed by atoms with Gasteiger partial charge >= 0.3 is 12.2 Å². The van der Waals surface area contributed by atoms with Crippen LogP contribution >= 0.6 is 0 Å². The fourth-order valence-corrected chi connectivity index (χ4v) is 5.09. The quantitative estimate of drug-likeness (QED) is 0.521. The van der Waals surface area contributed by atoms with E-state index in [1.54, 1.807) is 18.2 Å². The monoisotopic (exact) mass is 573 g/mol. The molecule has 0 radical (unpaired) electrons. The number of rotatable bonds is 7. The number of likely N-dealkylation sites (N-methyl/N-ethyl adjacent to an activating group) is 1. The van der Waals surface area contributed by atoms with E-state index in [1.165, 1.54) is 42.5 Å². The molecule has 0 bridgehead atoms. The number of aromatic nitrogens is 3. The van der Waals surface area contributed by atoms with Gasteiger partial charge in [0.15, 0.2) is 12.2 Å². The number of nitrogens with one attached hydrogen (secondary N) is 1. The van der Waals surface area contributed by atoms with Crippen molar-refractivity contribution in [2.24, 2.45) is 4.99 Å². The summed E-state index contributed by atoms with van der Waals surface area (Å²) in [4.78, 5) is 71.4. The highest BCUT2D eigenvalue weighted by Gasteiger charge is 2.50. The Morgan fingerprint density at radius 1 is 1.12 bits per heavy atom. The van der Waals surface area contributed by atoms with Crippen LogP contribution in [-0.4, -0.2) is 111 Å². The molecular formula is C25H26F3N9O4. The summed E-state index contributed by atoms with van der Waals surface area (Å²) in [5, 5.41) is 2.64. The first kappa shape index (κ1) is 27.9. The third-order valence-electron chi connectivity index (χ3n) is 7.00. The number of imide groups is 1. The summed E-state index contributed by atoms with van der Waals surface area (Å²) >= 11 is 0. The van der Waals surface area contributed by atoms with E-state index >= 15 is 0 Å². The number of hydrogen-bond donors (Lipinski definition) is 1. The van der Waals surface area contributed by atoms with Crippen LogP contribution in [0.25, 0.3) is 11.3 Å². The number of ketones is 1. The van der Waals surface area contributed by atoms with Crippen molar-refractivity contribution < 1.29 is 32.3 Å². The highest BCUT2D eigenvalue weighted by atomic mass is 19.4. The molecule has 2 saturated heterocycles. The Bertz CT molecular complexity index is 1400. The van der Waals surface area contributed by atoms with E-state index in [0.717, 1.165) is 9.80 Å². The predicted molar refractivity (Wildman–Crippen MR) is 139 cm³/mol. The van der Waals surface area contributed by atoms with Gasteiger partial charge in [-0.25, -0.2) is 24.7 Å². The first-order chi connectivity index (χ1) is 19.4. The molecule has 2 aromatic rings. The molecule has 16 heteroatoms. The molecule has 3 aliphatic rings. The lowest BCUT2D eigenvalue weighted by atomic mass is 10.1. The maximum Gasteiger partial charge on any atom is 0.408 e. The van der Waals surface area contributed by atoms with Gasteiger partial charge in [0.2, 0.25) is 11.9 Å². The fraction of sp³-hybridized carbons (Fsp3) is 0.440. The van der Waals surface area contributed by atoms with Crippen LogP contribution in [0.4, 0.5) is 29.7 Å². The molecule has 2 aromatic heterocycles. The van der Waals surface area contributed by atoms with E-state index in [4.69, 9.17) is 0 Å². The zero-order valence-corrected chi connectivity index (χ0v) is 22.1. The van der Waals surface area contributed by atoms with Crippen LogP contribution in [0.3, 0.4) is 0 Å². The molecule has 2 unspecified atom stereocenters. The standard InChI is InChI=1S/C25H26F3N9O4/c1-14(38)11-37-22(40)20-21(34(2)24(37)41)31-13-35(20)12-19(39)33-18-7-3-5-16(32-18)15-9-29-23(30-10-15)36-8-4-6-17(36)25(26,27)28/h3,5,7,9-10,13,17,20-21H,4,6,8,11-12H2,1-2H3,(H,32,33,39)/t17-,20?,21?/m0/s1. The molecule has 5 rings (SSSR count). The molecule has 3 atom stereocenters. The minimum absolute atomic E-state index is 0.0117. The summed E-state index contributed by atoms with van der Waals surface area (Å²) < 4.78 is 39.9. The minimum atomic E-state index is -4.37. The molecule has 5 heterocycles. The van der Waals surface area contributed by atoms with Crippen molar-refractivity contribution in [3.8, 4) is 11.3 Å². The highest BCUT2D eigenvalue weighted by Crippen LogP contribution is 2.34. The largest absolute Gasteiger partial charge is 0.408 e. The van der Waals surface area contributed by atoms with Gasteiger partial charge in [-0.1, -0.05) is 6.07 Å². The molecule has 0 aromatic carbocycles. The SMILES string of the molecule is CC(=O)CN1C(=O)C2C(N=CN2CC(=O)Nc2cccc(-c3cnc(N4CCC[C@H]4C(F)(F)F)nc3)n2)N(C)C1=O. The van der Waals surface area contributed by atoms with Crippen LogP contribution in [0.1, 0.15) is 19.8 Å². The summed E-state index contributed by atoms with van der Waals surface area (Å²) in [5.41, 5.74) is 0.821. The van der Waals surface area contributed by atoms with E-state index in [9.17, 15) is 32.3 Å². The normalized spacial score (nSPS) is 22.4. The van der Waals surface area contributed by atoms with Crippen LogP contribution in [0.5, 0.6) is 0 Å². The molecule has 0 spiro atoms. The second kappa shape index (κ2) is 10.7. The van der Waals surface area contributed by atoms with Gasteiger partial charge in [-0.2, -0.15) is 13.2 Å². The van der Waals surface area contributed by atoms with Crippen molar-refractivity contribution in [3.63, 3.8) is 0 Å². The van der Waals surface area contributed by atoms with E-state index in [0.29, 0.717) is 17.7 Å². The lowest BCUT2D eigenvalue weighted by Gasteiger charge is -2.40. The van der Waals surface area contributed by atoms with Gasteiger partial charge in [-0.05, 0) is 31.9 Å². The summed E-state index contributed by atoms with van der Waals surface area (Å²) in [6.07, 6.45) is -0.752. The van der Waals surface area contributed by atoms with Crippen LogP contribution in [-0.2, 0) is 14.4 Å². The first-order valence-corrected chi connectivity index (χ1v) is 12.7. The smallest absolute Gasteiger partial charge is 0.338 e.